The molecule has 124 valence electrons. The summed E-state index contributed by atoms with van der Waals surface area (Å²) >= 11 is 0. The second kappa shape index (κ2) is 7.77. The molecule has 0 saturated heterocycles. The molecule has 0 spiro atoms. The van der Waals surface area contributed by atoms with E-state index in [1.165, 1.54) is 12.8 Å². The third-order valence-electron chi connectivity index (χ3n) is 4.53. The monoisotopic (exact) mass is 308 g/mol. The lowest BCUT2D eigenvalue weighted by Crippen LogP contribution is -2.39. The first-order valence-electron chi connectivity index (χ1n) is 8.36. The molecule has 3 atom stereocenters. The van der Waals surface area contributed by atoms with Crippen molar-refractivity contribution in [3.8, 4) is 0 Å². The standard InChI is InChI=1S/C17H28N2O3/c1-5-16(21-14-8-6-7-11(2)9-14)17(20)18-10-15-12(3)19-22-13(15)4/h11,14,16H,5-10H2,1-4H3,(H,18,20)/t11-,14+,16+/m1/s1. The number of ether oxygens (including phenoxy) is 1. The number of carbonyl (C=O) groups is 1. The summed E-state index contributed by atoms with van der Waals surface area (Å²) in [5, 5.41) is 6.86. The maximum Gasteiger partial charge on any atom is 0.249 e. The lowest BCUT2D eigenvalue weighted by Gasteiger charge is -2.29. The number of aromatic nitrogens is 1. The first-order chi connectivity index (χ1) is 10.5. The van der Waals surface area contributed by atoms with E-state index in [1.54, 1.807) is 0 Å². The Kier molecular flexibility index (Phi) is 6.00. The molecular formula is C17H28N2O3. The third kappa shape index (κ3) is 4.32. The maximum atomic E-state index is 12.4. The average molecular weight is 308 g/mol. The van der Waals surface area contributed by atoms with Crippen LogP contribution in [0.15, 0.2) is 4.52 Å². The van der Waals surface area contributed by atoms with E-state index in [4.69, 9.17) is 9.26 Å². The Hall–Kier alpha value is -1.36. The summed E-state index contributed by atoms with van der Waals surface area (Å²) < 4.78 is 11.2. The molecule has 1 aliphatic carbocycles. The lowest BCUT2D eigenvalue weighted by molar-refractivity contribution is -0.139. The number of carbonyl (C=O) groups excluding carboxylic acids is 1. The largest absolute Gasteiger partial charge is 0.365 e. The van der Waals surface area contributed by atoms with Gasteiger partial charge in [-0.2, -0.15) is 0 Å². The molecule has 0 unspecified atom stereocenters. The van der Waals surface area contributed by atoms with Gasteiger partial charge in [-0.3, -0.25) is 4.79 Å². The van der Waals surface area contributed by atoms with Crippen LogP contribution in [0.2, 0.25) is 0 Å². The predicted molar refractivity (Wildman–Crippen MR) is 84.4 cm³/mol. The summed E-state index contributed by atoms with van der Waals surface area (Å²) in [6, 6.07) is 0. The molecule has 1 aromatic rings. The highest BCUT2D eigenvalue weighted by atomic mass is 16.5. The molecule has 1 amide bonds. The van der Waals surface area contributed by atoms with Crippen LogP contribution in [0, 0.1) is 19.8 Å². The van der Waals surface area contributed by atoms with E-state index >= 15 is 0 Å². The van der Waals surface area contributed by atoms with Crippen molar-refractivity contribution in [3.05, 3.63) is 17.0 Å². The third-order valence-corrected chi connectivity index (χ3v) is 4.53. The van der Waals surface area contributed by atoms with E-state index in [0.717, 1.165) is 29.9 Å². The number of rotatable bonds is 6. The highest BCUT2D eigenvalue weighted by molar-refractivity contribution is 5.80. The fourth-order valence-corrected chi connectivity index (χ4v) is 3.12. The van der Waals surface area contributed by atoms with Gasteiger partial charge in [0.05, 0.1) is 11.8 Å². The van der Waals surface area contributed by atoms with Crippen LogP contribution in [0.5, 0.6) is 0 Å². The minimum Gasteiger partial charge on any atom is -0.365 e. The molecule has 22 heavy (non-hydrogen) atoms. The van der Waals surface area contributed by atoms with E-state index in [-0.39, 0.29) is 18.1 Å². The molecule has 5 nitrogen and oxygen atoms in total. The lowest BCUT2D eigenvalue weighted by atomic mass is 9.88. The highest BCUT2D eigenvalue weighted by Crippen LogP contribution is 2.27. The van der Waals surface area contributed by atoms with Crippen molar-refractivity contribution in [1.82, 2.24) is 10.5 Å². The molecule has 1 saturated carbocycles. The minimum atomic E-state index is -0.365. The normalized spacial score (nSPS) is 23.3. The van der Waals surface area contributed by atoms with Crippen LogP contribution in [-0.4, -0.2) is 23.3 Å². The Bertz CT molecular complexity index is 479. The second-order valence-electron chi connectivity index (χ2n) is 6.45. The van der Waals surface area contributed by atoms with Gasteiger partial charge >= 0.3 is 0 Å². The van der Waals surface area contributed by atoms with Crippen molar-refractivity contribution >= 4 is 5.91 Å². The molecule has 2 rings (SSSR count). The van der Waals surface area contributed by atoms with Crippen molar-refractivity contribution in [1.29, 1.82) is 0 Å². The van der Waals surface area contributed by atoms with Gasteiger partial charge in [-0.25, -0.2) is 0 Å². The Morgan fingerprint density at radius 3 is 2.82 bits per heavy atom. The molecule has 0 aliphatic heterocycles. The predicted octanol–water partition coefficient (Wildman–Crippen LogP) is 3.28. The molecular weight excluding hydrogens is 280 g/mol. The molecule has 5 heteroatoms. The van der Waals surface area contributed by atoms with Crippen LogP contribution in [0.25, 0.3) is 0 Å². The summed E-state index contributed by atoms with van der Waals surface area (Å²) in [6.45, 7) is 8.44. The zero-order chi connectivity index (χ0) is 16.1. The van der Waals surface area contributed by atoms with Gasteiger partial charge in [-0.15, -0.1) is 0 Å². The highest BCUT2D eigenvalue weighted by Gasteiger charge is 2.26. The summed E-state index contributed by atoms with van der Waals surface area (Å²) in [6.07, 6.45) is 5.15. The van der Waals surface area contributed by atoms with Gasteiger partial charge in [-0.05, 0) is 39.0 Å². The summed E-state index contributed by atoms with van der Waals surface area (Å²) in [4.78, 5) is 12.4. The van der Waals surface area contributed by atoms with Crippen LogP contribution in [0.3, 0.4) is 0 Å². The van der Waals surface area contributed by atoms with Crippen molar-refractivity contribution < 1.29 is 14.1 Å². The quantitative estimate of drug-likeness (QED) is 0.876. The Morgan fingerprint density at radius 1 is 1.45 bits per heavy atom. The average Bonchev–Trinajstić information content (AvgIpc) is 2.81. The number of hydrogen-bond donors (Lipinski definition) is 1. The van der Waals surface area contributed by atoms with Crippen LogP contribution >= 0.6 is 0 Å². The van der Waals surface area contributed by atoms with Crippen LogP contribution in [0.4, 0.5) is 0 Å². The number of nitrogens with zero attached hydrogens (tertiary/aromatic N) is 1. The van der Waals surface area contributed by atoms with Crippen LogP contribution in [0.1, 0.15) is 63.0 Å². The van der Waals surface area contributed by atoms with E-state index in [9.17, 15) is 4.79 Å². The zero-order valence-corrected chi connectivity index (χ0v) is 14.1. The van der Waals surface area contributed by atoms with Gasteiger partial charge in [0.15, 0.2) is 0 Å². The topological polar surface area (TPSA) is 64.4 Å². The second-order valence-corrected chi connectivity index (χ2v) is 6.45. The van der Waals surface area contributed by atoms with Crippen LogP contribution < -0.4 is 5.32 Å². The number of aryl methyl sites for hydroxylation is 2. The molecule has 0 radical (unpaired) electrons. The summed E-state index contributed by atoms with van der Waals surface area (Å²) in [7, 11) is 0. The van der Waals surface area contributed by atoms with Gasteiger partial charge in [0.25, 0.3) is 0 Å². The first-order valence-corrected chi connectivity index (χ1v) is 8.36. The molecule has 1 aromatic heterocycles. The van der Waals surface area contributed by atoms with E-state index in [1.807, 2.05) is 20.8 Å². The van der Waals surface area contributed by atoms with Gasteiger partial charge in [0, 0.05) is 12.1 Å². The van der Waals surface area contributed by atoms with Gasteiger partial charge in [0.1, 0.15) is 11.9 Å². The number of hydrogen-bond acceptors (Lipinski definition) is 4. The molecule has 1 fully saturated rings. The Labute approximate surface area is 132 Å². The smallest absolute Gasteiger partial charge is 0.249 e. The van der Waals surface area contributed by atoms with Crippen molar-refractivity contribution in [2.75, 3.05) is 0 Å². The van der Waals surface area contributed by atoms with E-state index < -0.39 is 0 Å². The zero-order valence-electron chi connectivity index (χ0n) is 14.1. The van der Waals surface area contributed by atoms with Crippen LogP contribution in [-0.2, 0) is 16.1 Å². The molecule has 1 heterocycles. The Morgan fingerprint density at radius 2 is 2.23 bits per heavy atom. The van der Waals surface area contributed by atoms with Gasteiger partial charge in [0.2, 0.25) is 5.91 Å². The van der Waals surface area contributed by atoms with E-state index in [2.05, 4.69) is 17.4 Å². The fourth-order valence-electron chi connectivity index (χ4n) is 3.12. The van der Waals surface area contributed by atoms with E-state index in [0.29, 0.717) is 18.9 Å². The Balaban J connectivity index is 1.86. The minimum absolute atomic E-state index is 0.0410. The summed E-state index contributed by atoms with van der Waals surface area (Å²) in [5.74, 6) is 1.41. The van der Waals surface area contributed by atoms with Crippen molar-refractivity contribution in [3.63, 3.8) is 0 Å². The fraction of sp³-hybridized carbons (Fsp3) is 0.765. The SMILES string of the molecule is CC[C@H](O[C@H]1CCC[C@@H](C)C1)C(=O)NCc1c(C)noc1C. The van der Waals surface area contributed by atoms with Crippen molar-refractivity contribution in [2.45, 2.75) is 78.6 Å². The molecule has 1 aliphatic rings. The maximum absolute atomic E-state index is 12.4. The molecule has 1 N–H and O–H groups in total. The number of nitrogens with one attached hydrogen (secondary N) is 1. The number of amides is 1. The summed E-state index contributed by atoms with van der Waals surface area (Å²) in [5.41, 5.74) is 1.78. The molecule has 0 bridgehead atoms. The molecule has 0 aromatic carbocycles. The van der Waals surface area contributed by atoms with Gasteiger partial charge < -0.3 is 14.6 Å². The van der Waals surface area contributed by atoms with Gasteiger partial charge in [-0.1, -0.05) is 31.8 Å². The van der Waals surface area contributed by atoms with Crippen molar-refractivity contribution in [2.24, 2.45) is 5.92 Å². The first kappa shape index (κ1) is 17.0.